The van der Waals surface area contributed by atoms with E-state index in [9.17, 15) is 47.9 Å². The average Bonchev–Trinajstić information content (AvgIpc) is 2.55. The third-order valence-electron chi connectivity index (χ3n) is 3.24. The van der Waals surface area contributed by atoms with Crippen LogP contribution in [0.15, 0.2) is 23.1 Å². The van der Waals surface area contributed by atoms with E-state index < -0.39 is 73.7 Å². The molecule has 0 aromatic heterocycles. The summed E-state index contributed by atoms with van der Waals surface area (Å²) in [6.45, 7) is -0.989. The van der Waals surface area contributed by atoms with Gasteiger partial charge in [-0.15, -0.1) is 0 Å². The normalized spacial score (nSPS) is 12.5. The summed E-state index contributed by atoms with van der Waals surface area (Å²) < 4.78 is 142. The van der Waals surface area contributed by atoms with E-state index in [1.165, 1.54) is 4.72 Å². The van der Waals surface area contributed by atoms with Gasteiger partial charge in [-0.25, -0.2) is 39.5 Å². The first-order valence-corrected chi connectivity index (χ1v) is 8.12. The standard InChI is InChI=1S/C14H6F9NO2S/c15-7-3-5(1-2-6(7)14(21,22)23)4-24-27(25,26)13-11(19)9(17)8(16)10(18)12(13)20/h1-3,24H,4H2. The van der Waals surface area contributed by atoms with Gasteiger partial charge in [0.05, 0.1) is 5.56 Å². The zero-order valence-electron chi connectivity index (χ0n) is 12.6. The molecule has 0 radical (unpaired) electrons. The lowest BCUT2D eigenvalue weighted by molar-refractivity contribution is -0.140. The largest absolute Gasteiger partial charge is 0.419 e. The molecular weight excluding hydrogens is 417 g/mol. The molecule has 13 heteroatoms. The van der Waals surface area contributed by atoms with Crippen LogP contribution in [-0.2, 0) is 22.7 Å². The van der Waals surface area contributed by atoms with Crippen LogP contribution < -0.4 is 4.72 Å². The highest BCUT2D eigenvalue weighted by molar-refractivity contribution is 7.89. The van der Waals surface area contributed by atoms with Crippen LogP contribution in [-0.4, -0.2) is 8.42 Å². The molecule has 0 bridgehead atoms. The number of sulfonamides is 1. The lowest BCUT2D eigenvalue weighted by Crippen LogP contribution is -2.27. The number of benzene rings is 2. The van der Waals surface area contributed by atoms with E-state index in [2.05, 4.69) is 0 Å². The maximum absolute atomic E-state index is 13.5. The molecule has 0 amide bonds. The number of halogens is 9. The zero-order valence-corrected chi connectivity index (χ0v) is 13.4. The molecule has 2 aromatic carbocycles. The van der Waals surface area contributed by atoms with Crippen molar-refractivity contribution in [2.75, 3.05) is 0 Å². The molecule has 1 N–H and O–H groups in total. The van der Waals surface area contributed by atoms with E-state index in [4.69, 9.17) is 0 Å². The summed E-state index contributed by atoms with van der Waals surface area (Å²) >= 11 is 0. The Morgan fingerprint density at radius 1 is 0.815 bits per heavy atom. The van der Waals surface area contributed by atoms with E-state index in [0.717, 1.165) is 0 Å². The SMILES string of the molecule is O=S(=O)(NCc1ccc(C(F)(F)F)c(F)c1)c1c(F)c(F)c(F)c(F)c1F. The van der Waals surface area contributed by atoms with Crippen molar-refractivity contribution in [3.8, 4) is 0 Å². The molecule has 3 nitrogen and oxygen atoms in total. The highest BCUT2D eigenvalue weighted by atomic mass is 32.2. The van der Waals surface area contributed by atoms with Gasteiger partial charge in [0.1, 0.15) is 5.82 Å². The number of alkyl halides is 3. The van der Waals surface area contributed by atoms with Gasteiger partial charge >= 0.3 is 6.18 Å². The van der Waals surface area contributed by atoms with Crippen molar-refractivity contribution in [2.24, 2.45) is 0 Å². The van der Waals surface area contributed by atoms with Gasteiger partial charge in [0.2, 0.25) is 15.8 Å². The maximum atomic E-state index is 13.5. The number of hydrogen-bond acceptors (Lipinski definition) is 2. The minimum Gasteiger partial charge on any atom is -0.207 e. The first kappa shape index (κ1) is 21.0. The molecule has 148 valence electrons. The molecule has 2 aromatic rings. The Hall–Kier alpha value is -2.28. The molecular formula is C14H6F9NO2S. The molecule has 0 aliphatic heterocycles. The fraction of sp³-hybridized carbons (Fsp3) is 0.143. The van der Waals surface area contributed by atoms with E-state index in [0.29, 0.717) is 12.1 Å². The van der Waals surface area contributed by atoms with Crippen LogP contribution in [0.2, 0.25) is 0 Å². The van der Waals surface area contributed by atoms with Gasteiger partial charge in [-0.2, -0.15) is 13.2 Å². The van der Waals surface area contributed by atoms with Gasteiger partial charge in [0.25, 0.3) is 0 Å². The van der Waals surface area contributed by atoms with Crippen molar-refractivity contribution in [2.45, 2.75) is 17.6 Å². The molecule has 0 saturated heterocycles. The lowest BCUT2D eigenvalue weighted by atomic mass is 10.1. The second-order valence-electron chi connectivity index (χ2n) is 5.04. The highest BCUT2D eigenvalue weighted by Gasteiger charge is 2.35. The van der Waals surface area contributed by atoms with Gasteiger partial charge in [-0.1, -0.05) is 6.07 Å². The molecule has 0 atom stereocenters. The molecule has 0 spiro atoms. The van der Waals surface area contributed by atoms with Crippen molar-refractivity contribution in [1.29, 1.82) is 0 Å². The molecule has 27 heavy (non-hydrogen) atoms. The summed E-state index contributed by atoms with van der Waals surface area (Å²) in [7, 11) is -5.32. The van der Waals surface area contributed by atoms with Crippen molar-refractivity contribution >= 4 is 10.0 Å². The predicted octanol–water partition coefficient (Wildman–Crippen LogP) is 4.02. The number of nitrogens with one attached hydrogen (secondary N) is 1. The third-order valence-corrected chi connectivity index (χ3v) is 4.66. The molecule has 0 unspecified atom stereocenters. The third kappa shape index (κ3) is 4.03. The molecule has 0 aliphatic carbocycles. The Balaban J connectivity index is 2.36. The van der Waals surface area contributed by atoms with E-state index in [1.54, 1.807) is 0 Å². The summed E-state index contributed by atoms with van der Waals surface area (Å²) in [6.07, 6.45) is -5.02. The maximum Gasteiger partial charge on any atom is 0.419 e. The van der Waals surface area contributed by atoms with Crippen LogP contribution in [0.4, 0.5) is 39.5 Å². The smallest absolute Gasteiger partial charge is 0.207 e. The number of rotatable bonds is 4. The lowest BCUT2D eigenvalue weighted by Gasteiger charge is -2.12. The first-order chi connectivity index (χ1) is 12.3. The van der Waals surface area contributed by atoms with Gasteiger partial charge in [0, 0.05) is 6.54 Å². The highest BCUT2D eigenvalue weighted by Crippen LogP contribution is 2.32. The van der Waals surface area contributed by atoms with Gasteiger partial charge in [-0.05, 0) is 17.7 Å². The summed E-state index contributed by atoms with van der Waals surface area (Å²) in [5.41, 5.74) is -2.05. The predicted molar refractivity (Wildman–Crippen MR) is 71.7 cm³/mol. The summed E-state index contributed by atoms with van der Waals surface area (Å²) in [5, 5.41) is 0. The van der Waals surface area contributed by atoms with Crippen LogP contribution in [0.5, 0.6) is 0 Å². The van der Waals surface area contributed by atoms with Crippen LogP contribution >= 0.6 is 0 Å². The quantitative estimate of drug-likeness (QED) is 0.459. The first-order valence-electron chi connectivity index (χ1n) is 6.64. The monoisotopic (exact) mass is 423 g/mol. The summed E-state index contributed by atoms with van der Waals surface area (Å²) in [6, 6.07) is 1.24. The van der Waals surface area contributed by atoms with E-state index in [-0.39, 0.29) is 6.07 Å². The fourth-order valence-electron chi connectivity index (χ4n) is 1.97. The topological polar surface area (TPSA) is 46.2 Å². The van der Waals surface area contributed by atoms with Gasteiger partial charge in [-0.3, -0.25) is 0 Å². The van der Waals surface area contributed by atoms with E-state index in [1.807, 2.05) is 0 Å². The van der Waals surface area contributed by atoms with E-state index >= 15 is 0 Å². The van der Waals surface area contributed by atoms with Crippen molar-refractivity contribution in [3.05, 3.63) is 64.2 Å². The van der Waals surface area contributed by atoms with Crippen molar-refractivity contribution < 1.29 is 47.9 Å². The van der Waals surface area contributed by atoms with Crippen molar-refractivity contribution in [3.63, 3.8) is 0 Å². The Morgan fingerprint density at radius 2 is 1.30 bits per heavy atom. The molecule has 0 aliphatic rings. The summed E-state index contributed by atoms with van der Waals surface area (Å²) in [5.74, 6) is -14.6. The van der Waals surface area contributed by atoms with Gasteiger partial charge < -0.3 is 0 Å². The zero-order chi connectivity index (χ0) is 20.7. The Labute approximate surface area is 145 Å². The summed E-state index contributed by atoms with van der Waals surface area (Å²) in [4.78, 5) is -2.17. The van der Waals surface area contributed by atoms with Crippen LogP contribution in [0.3, 0.4) is 0 Å². The van der Waals surface area contributed by atoms with Crippen molar-refractivity contribution in [1.82, 2.24) is 4.72 Å². The van der Waals surface area contributed by atoms with Crippen LogP contribution in [0.1, 0.15) is 11.1 Å². The average molecular weight is 423 g/mol. The second-order valence-corrected chi connectivity index (χ2v) is 6.74. The minimum atomic E-state index is -5.32. The minimum absolute atomic E-state index is 0.289. The van der Waals surface area contributed by atoms with Crippen LogP contribution in [0, 0.1) is 34.9 Å². The Kier molecular flexibility index (Phi) is 5.48. The van der Waals surface area contributed by atoms with Gasteiger partial charge in [0.15, 0.2) is 28.2 Å². The molecule has 0 fully saturated rings. The Morgan fingerprint density at radius 3 is 1.74 bits per heavy atom. The molecule has 0 heterocycles. The number of hydrogen-bond donors (Lipinski definition) is 1. The Bertz CT molecular complexity index is 974. The molecule has 2 rings (SSSR count). The molecule has 0 saturated carbocycles. The van der Waals surface area contributed by atoms with Crippen LogP contribution in [0.25, 0.3) is 0 Å². The fourth-order valence-corrected chi connectivity index (χ4v) is 3.12. The second kappa shape index (κ2) is 7.03.